The highest BCUT2D eigenvalue weighted by molar-refractivity contribution is 6.39. The average Bonchev–Trinajstić information content (AvgIpc) is 3.28. The first-order valence-electron chi connectivity index (χ1n) is 23.9. The number of hydrogen-bond acceptors (Lipinski definition) is 13. The summed E-state index contributed by atoms with van der Waals surface area (Å²) in [5, 5.41) is 33.9. The summed E-state index contributed by atoms with van der Waals surface area (Å²) in [6.07, 6.45) is 11.2. The molecule has 0 aromatic carbocycles. The van der Waals surface area contributed by atoms with Gasteiger partial charge in [0.05, 0.1) is 30.5 Å². The van der Waals surface area contributed by atoms with Crippen LogP contribution in [0.5, 0.6) is 0 Å². The number of carbonyl (C=O) groups is 5. The van der Waals surface area contributed by atoms with Crippen molar-refractivity contribution in [1.29, 1.82) is 0 Å². The zero-order valence-electron chi connectivity index (χ0n) is 40.6. The summed E-state index contributed by atoms with van der Waals surface area (Å²) in [6, 6.07) is -1.14. The van der Waals surface area contributed by atoms with Gasteiger partial charge >= 0.3 is 5.97 Å². The zero-order chi connectivity index (χ0) is 48.2. The maximum absolute atomic E-state index is 14.4. The number of aliphatic hydroxyl groups excluding tert-OH is 2. The average molecular weight is 914 g/mol. The number of aliphatic hydroxyl groups is 3. The minimum Gasteiger partial charge on any atom is -0.460 e. The molecule has 0 spiro atoms. The number of methoxy groups -OCH3 is 3. The molecule has 65 heavy (non-hydrogen) atoms. The molecule has 3 unspecified atom stereocenters. The van der Waals surface area contributed by atoms with Crippen molar-refractivity contribution in [3.05, 3.63) is 47.6 Å². The van der Waals surface area contributed by atoms with Gasteiger partial charge in [-0.05, 0) is 107 Å². The Labute approximate surface area is 387 Å². The van der Waals surface area contributed by atoms with Crippen LogP contribution in [0.25, 0.3) is 0 Å². The number of ether oxygens (including phenoxy) is 5. The van der Waals surface area contributed by atoms with Gasteiger partial charge in [-0.2, -0.15) is 0 Å². The fraction of sp³-hybridized carbons (Fsp3) is 0.745. The lowest BCUT2D eigenvalue weighted by molar-refractivity contribution is -0.265. The third-order valence-electron chi connectivity index (χ3n) is 14.5. The Morgan fingerprint density at radius 3 is 2.26 bits per heavy atom. The van der Waals surface area contributed by atoms with E-state index in [0.717, 1.165) is 12.0 Å². The molecule has 3 N–H and O–H groups in total. The molecule has 2 saturated heterocycles. The van der Waals surface area contributed by atoms with Crippen molar-refractivity contribution in [3.8, 4) is 0 Å². The molecule has 0 aromatic rings. The van der Waals surface area contributed by atoms with Gasteiger partial charge in [0.25, 0.3) is 11.7 Å². The number of Topliss-reactive ketones (excluding diaryl/α,β-unsaturated/α-hetero) is 3. The molecule has 4 rings (SSSR count). The minimum absolute atomic E-state index is 0.0220. The van der Waals surface area contributed by atoms with Crippen molar-refractivity contribution >= 4 is 29.2 Å². The highest BCUT2D eigenvalue weighted by Gasteiger charge is 2.53. The molecule has 3 heterocycles. The van der Waals surface area contributed by atoms with Gasteiger partial charge in [-0.25, -0.2) is 4.79 Å². The van der Waals surface area contributed by atoms with Crippen molar-refractivity contribution < 1.29 is 63.0 Å². The second-order valence-electron chi connectivity index (χ2n) is 19.6. The van der Waals surface area contributed by atoms with Gasteiger partial charge in [0.1, 0.15) is 18.2 Å². The van der Waals surface area contributed by atoms with Gasteiger partial charge in [0.2, 0.25) is 5.79 Å². The molecular formula is C51H79NO13. The van der Waals surface area contributed by atoms with Gasteiger partial charge in [-0.15, -0.1) is 0 Å². The lowest BCUT2D eigenvalue weighted by Gasteiger charge is -2.42. The Bertz CT molecular complexity index is 1760. The predicted molar refractivity (Wildman–Crippen MR) is 245 cm³/mol. The summed E-state index contributed by atoms with van der Waals surface area (Å²) >= 11 is 0. The molecule has 1 aliphatic carbocycles. The molecule has 3 fully saturated rings. The van der Waals surface area contributed by atoms with E-state index in [-0.39, 0.29) is 54.8 Å². The summed E-state index contributed by atoms with van der Waals surface area (Å²) in [7, 11) is 4.53. The van der Waals surface area contributed by atoms with Crippen LogP contribution in [0.4, 0.5) is 0 Å². The number of fused-ring (bicyclic) bond motifs is 3. The highest BCUT2D eigenvalue weighted by atomic mass is 16.6. The molecule has 366 valence electrons. The molecule has 4 aliphatic rings. The molecular weight excluding hydrogens is 835 g/mol. The molecule has 14 nitrogen and oxygen atoms in total. The lowest BCUT2D eigenvalue weighted by Crippen LogP contribution is -2.61. The van der Waals surface area contributed by atoms with Crippen LogP contribution in [0.2, 0.25) is 0 Å². The van der Waals surface area contributed by atoms with Crippen LogP contribution in [0.3, 0.4) is 0 Å². The van der Waals surface area contributed by atoms with Gasteiger partial charge in [0, 0.05) is 58.5 Å². The standard InChI is InChI=1S/C51H79NO13/c1-30-16-12-11-13-17-31(2)42(61-8)28-38-21-19-36(7)51(60,65-38)48(57)49(58)52-23-15-14-18-39(52)50(59)64-43(33(4)26-37-20-22-40(53)44(27-37)62-9)29-41(54)32(3)25-35(6)46(56)47(63-10)45(55)34(5)24-30/h11-13,16-17,25,30,33-40,42-44,46-47,53,56,60H,14-15,18-24,26-29H2,1-10H3/t30-,33-,34?,35?,36-,37+,38+,39+,40-,42+,43+,44-,46-,47?,51-/m1/s1. The van der Waals surface area contributed by atoms with Crippen molar-refractivity contribution in [1.82, 2.24) is 4.90 Å². The molecule has 2 bridgehead atoms. The monoisotopic (exact) mass is 914 g/mol. The quantitative estimate of drug-likeness (QED) is 0.202. The largest absolute Gasteiger partial charge is 0.460 e. The first-order valence-corrected chi connectivity index (χ1v) is 23.9. The van der Waals surface area contributed by atoms with E-state index in [2.05, 4.69) is 0 Å². The number of amides is 1. The fourth-order valence-electron chi connectivity index (χ4n) is 10.1. The van der Waals surface area contributed by atoms with Crippen molar-refractivity contribution in [2.24, 2.45) is 35.5 Å². The number of cyclic esters (lactones) is 1. The molecule has 0 radical (unpaired) electrons. The Morgan fingerprint density at radius 2 is 1.58 bits per heavy atom. The second-order valence-corrected chi connectivity index (χ2v) is 19.6. The van der Waals surface area contributed by atoms with Crippen molar-refractivity contribution in [3.63, 3.8) is 0 Å². The van der Waals surface area contributed by atoms with Crippen LogP contribution in [0.15, 0.2) is 47.6 Å². The molecule has 1 saturated carbocycles. The van der Waals surface area contributed by atoms with E-state index in [9.17, 15) is 39.3 Å². The number of nitrogens with zero attached hydrogens (tertiary/aromatic N) is 1. The van der Waals surface area contributed by atoms with E-state index in [0.29, 0.717) is 63.4 Å². The van der Waals surface area contributed by atoms with E-state index in [1.54, 1.807) is 41.1 Å². The third-order valence-corrected chi connectivity index (χ3v) is 14.5. The number of piperidine rings is 1. The summed E-state index contributed by atoms with van der Waals surface area (Å²) in [5.41, 5.74) is 1.19. The normalized spacial score (nSPS) is 37.8. The summed E-state index contributed by atoms with van der Waals surface area (Å²) < 4.78 is 29.4. The summed E-state index contributed by atoms with van der Waals surface area (Å²) in [6.45, 7) is 12.7. The molecule has 15 atom stereocenters. The molecule has 1 amide bonds. The van der Waals surface area contributed by atoms with Crippen LogP contribution < -0.4 is 0 Å². The number of rotatable bonds is 6. The first kappa shape index (κ1) is 54.2. The Balaban J connectivity index is 1.70. The molecule has 14 heteroatoms. The van der Waals surface area contributed by atoms with Gasteiger partial charge < -0.3 is 43.9 Å². The maximum atomic E-state index is 14.4. The number of allylic oxidation sites excluding steroid dienone is 6. The number of esters is 1. The topological polar surface area (TPSA) is 195 Å². The highest BCUT2D eigenvalue weighted by Crippen LogP contribution is 2.38. The first-order chi connectivity index (χ1) is 30.7. The molecule has 0 aromatic heterocycles. The van der Waals surface area contributed by atoms with Crippen molar-refractivity contribution in [2.45, 2.75) is 180 Å². The van der Waals surface area contributed by atoms with Crippen LogP contribution >= 0.6 is 0 Å². The van der Waals surface area contributed by atoms with Gasteiger partial charge in [0.15, 0.2) is 11.6 Å². The van der Waals surface area contributed by atoms with Crippen LogP contribution in [-0.4, -0.2) is 132 Å². The van der Waals surface area contributed by atoms with E-state index >= 15 is 0 Å². The summed E-state index contributed by atoms with van der Waals surface area (Å²) in [4.78, 5) is 71.7. The van der Waals surface area contributed by atoms with Crippen LogP contribution in [0, 0.1) is 35.5 Å². The Morgan fingerprint density at radius 1 is 0.862 bits per heavy atom. The van der Waals surface area contributed by atoms with E-state index < -0.39 is 83.9 Å². The number of ketones is 3. The van der Waals surface area contributed by atoms with Crippen LogP contribution in [0.1, 0.15) is 126 Å². The Hall–Kier alpha value is -3.37. The lowest BCUT2D eigenvalue weighted by atomic mass is 9.78. The van der Waals surface area contributed by atoms with E-state index in [1.807, 2.05) is 58.1 Å². The number of carbonyl (C=O) groups excluding carboxylic acids is 5. The van der Waals surface area contributed by atoms with E-state index in [1.165, 1.54) is 12.0 Å². The smallest absolute Gasteiger partial charge is 0.329 e. The summed E-state index contributed by atoms with van der Waals surface area (Å²) in [5.74, 6) is -7.93. The minimum atomic E-state index is -2.43. The SMILES string of the molecule is COC1C(=O)C(C)C[C@H](C)C=CC=CC=C(C)[C@@H](OC)C[C@@H]2CC[C@@H](C)[C@@](O)(O2)C(=O)C(=O)N2CCCC[C@H]2C(=O)O[C@H]([C@H](C)C[C@@H]2CC[C@@H](O)[C@H](OC)C2)CC(=O)C(C)=CC(C)[C@H]1O. The fourth-order valence-corrected chi connectivity index (χ4v) is 10.1. The van der Waals surface area contributed by atoms with Crippen LogP contribution in [-0.2, 0) is 47.7 Å². The third kappa shape index (κ3) is 14.3. The van der Waals surface area contributed by atoms with Gasteiger partial charge in [-0.3, -0.25) is 19.2 Å². The Kier molecular flexibility index (Phi) is 21.0. The number of hydrogen-bond donors (Lipinski definition) is 3. The van der Waals surface area contributed by atoms with Crippen molar-refractivity contribution in [2.75, 3.05) is 27.9 Å². The van der Waals surface area contributed by atoms with E-state index in [4.69, 9.17) is 23.7 Å². The maximum Gasteiger partial charge on any atom is 0.329 e. The molecule has 3 aliphatic heterocycles. The zero-order valence-corrected chi connectivity index (χ0v) is 40.6. The van der Waals surface area contributed by atoms with Gasteiger partial charge in [-0.1, -0.05) is 71.1 Å². The predicted octanol–water partition coefficient (Wildman–Crippen LogP) is 6.18. The second kappa shape index (κ2) is 25.1.